The molecule has 0 unspecified atom stereocenters. The predicted octanol–water partition coefficient (Wildman–Crippen LogP) is 4.37. The van der Waals surface area contributed by atoms with Crippen LogP contribution in [0.1, 0.15) is 35.4 Å². The second-order valence-electron chi connectivity index (χ2n) is 5.94. The Labute approximate surface area is 148 Å². The van der Waals surface area contributed by atoms with Crippen molar-refractivity contribution in [1.82, 2.24) is 10.2 Å². The number of nitrogens with zero attached hydrogens (tertiary/aromatic N) is 1. The Morgan fingerprint density at radius 2 is 2.04 bits per heavy atom. The number of benzene rings is 1. The van der Waals surface area contributed by atoms with Crippen LogP contribution in [0.5, 0.6) is 0 Å². The predicted molar refractivity (Wildman–Crippen MR) is 99.3 cm³/mol. The van der Waals surface area contributed by atoms with Crippen molar-refractivity contribution in [3.8, 4) is 0 Å². The average Bonchev–Trinajstić information content (AvgIpc) is 3.10. The van der Waals surface area contributed by atoms with E-state index in [4.69, 9.17) is 4.74 Å². The third-order valence-corrected chi connectivity index (χ3v) is 4.92. The molecule has 0 saturated heterocycles. The number of hydrogen-bond donors (Lipinski definition) is 1. The first-order chi connectivity index (χ1) is 11.6. The van der Waals surface area contributed by atoms with Gasteiger partial charge in [0.1, 0.15) is 0 Å². The molecule has 0 fully saturated rings. The number of nitrogens with one attached hydrogen (secondary N) is 1. The zero-order valence-electron chi connectivity index (χ0n) is 14.6. The summed E-state index contributed by atoms with van der Waals surface area (Å²) < 4.78 is 5.12. The van der Waals surface area contributed by atoms with Gasteiger partial charge in [-0.1, -0.05) is 35.9 Å². The lowest BCUT2D eigenvalue weighted by Crippen LogP contribution is -2.41. The zero-order chi connectivity index (χ0) is 17.4. The van der Waals surface area contributed by atoms with Crippen LogP contribution in [0.4, 0.5) is 4.79 Å². The summed E-state index contributed by atoms with van der Waals surface area (Å²) in [6.45, 7) is 6.01. The molecule has 5 heteroatoms. The summed E-state index contributed by atoms with van der Waals surface area (Å²) in [5.41, 5.74) is 2.36. The molecule has 1 N–H and O–H groups in total. The first-order valence-corrected chi connectivity index (χ1v) is 9.11. The van der Waals surface area contributed by atoms with E-state index >= 15 is 0 Å². The first kappa shape index (κ1) is 18.5. The molecule has 0 aliphatic carbocycles. The van der Waals surface area contributed by atoms with Crippen molar-refractivity contribution in [3.05, 3.63) is 57.8 Å². The van der Waals surface area contributed by atoms with Gasteiger partial charge in [0.15, 0.2) is 0 Å². The van der Waals surface area contributed by atoms with Gasteiger partial charge in [-0.05, 0) is 37.3 Å². The minimum absolute atomic E-state index is 0.0143. The summed E-state index contributed by atoms with van der Waals surface area (Å²) in [6, 6.07) is 12.3. The number of urea groups is 1. The molecular formula is C19H26N2O2S. The van der Waals surface area contributed by atoms with Crippen LogP contribution in [0.3, 0.4) is 0 Å². The number of thiophene rings is 1. The second-order valence-corrected chi connectivity index (χ2v) is 6.92. The minimum Gasteiger partial charge on any atom is -0.385 e. The molecule has 2 rings (SSSR count). The number of carbonyl (C=O) groups is 1. The number of rotatable bonds is 8. The van der Waals surface area contributed by atoms with E-state index in [9.17, 15) is 4.79 Å². The molecule has 1 aromatic carbocycles. The van der Waals surface area contributed by atoms with Crippen LogP contribution < -0.4 is 5.32 Å². The summed E-state index contributed by atoms with van der Waals surface area (Å²) in [7, 11) is 1.68. The van der Waals surface area contributed by atoms with Crippen molar-refractivity contribution in [2.75, 3.05) is 20.3 Å². The topological polar surface area (TPSA) is 41.6 Å². The van der Waals surface area contributed by atoms with Crippen molar-refractivity contribution in [2.24, 2.45) is 0 Å². The van der Waals surface area contributed by atoms with Gasteiger partial charge in [-0.25, -0.2) is 4.79 Å². The molecular weight excluding hydrogens is 320 g/mol. The lowest BCUT2D eigenvalue weighted by atomic mass is 10.1. The van der Waals surface area contributed by atoms with E-state index in [-0.39, 0.29) is 12.1 Å². The molecule has 130 valence electrons. The molecule has 0 aliphatic rings. The van der Waals surface area contributed by atoms with E-state index in [1.807, 2.05) is 29.3 Å². The van der Waals surface area contributed by atoms with E-state index in [0.717, 1.165) is 16.9 Å². The smallest absolute Gasteiger partial charge is 0.318 e. The van der Waals surface area contributed by atoms with Crippen molar-refractivity contribution in [1.29, 1.82) is 0 Å². The van der Waals surface area contributed by atoms with E-state index in [1.165, 1.54) is 5.56 Å². The maximum Gasteiger partial charge on any atom is 0.318 e. The second kappa shape index (κ2) is 9.45. The molecule has 2 amide bonds. The molecule has 2 aromatic rings. The summed E-state index contributed by atoms with van der Waals surface area (Å²) >= 11 is 1.66. The SMILES string of the molecule is COCCCN(Cc1ccc(C)cc1)C(=O)N[C@H](C)c1cccs1. The van der Waals surface area contributed by atoms with Gasteiger partial charge in [-0.3, -0.25) is 0 Å². The molecule has 1 aromatic heterocycles. The Bertz CT molecular complexity index is 611. The molecule has 0 radical (unpaired) electrons. The lowest BCUT2D eigenvalue weighted by Gasteiger charge is -2.25. The number of aryl methyl sites for hydroxylation is 1. The fraction of sp³-hybridized carbons (Fsp3) is 0.421. The van der Waals surface area contributed by atoms with Gasteiger partial charge in [0.05, 0.1) is 6.04 Å². The highest BCUT2D eigenvalue weighted by Gasteiger charge is 2.17. The molecule has 1 heterocycles. The van der Waals surface area contributed by atoms with E-state index < -0.39 is 0 Å². The highest BCUT2D eigenvalue weighted by Crippen LogP contribution is 2.18. The fourth-order valence-corrected chi connectivity index (χ4v) is 3.19. The summed E-state index contributed by atoms with van der Waals surface area (Å²) in [5, 5.41) is 5.13. The third kappa shape index (κ3) is 5.65. The van der Waals surface area contributed by atoms with Gasteiger partial charge in [0.25, 0.3) is 0 Å². The molecule has 0 spiro atoms. The fourth-order valence-electron chi connectivity index (χ4n) is 2.45. The number of methoxy groups -OCH3 is 1. The maximum atomic E-state index is 12.7. The highest BCUT2D eigenvalue weighted by molar-refractivity contribution is 7.10. The van der Waals surface area contributed by atoms with Crippen molar-refractivity contribution in [2.45, 2.75) is 32.9 Å². The molecule has 0 bridgehead atoms. The van der Waals surface area contributed by atoms with Crippen LogP contribution in [-0.2, 0) is 11.3 Å². The van der Waals surface area contributed by atoms with E-state index in [1.54, 1.807) is 18.4 Å². The molecule has 0 aliphatic heterocycles. The van der Waals surface area contributed by atoms with Gasteiger partial charge >= 0.3 is 6.03 Å². The van der Waals surface area contributed by atoms with Crippen LogP contribution in [-0.4, -0.2) is 31.2 Å². The van der Waals surface area contributed by atoms with Gasteiger partial charge in [-0.2, -0.15) is 0 Å². The Morgan fingerprint density at radius 3 is 2.67 bits per heavy atom. The van der Waals surface area contributed by atoms with Gasteiger partial charge in [0.2, 0.25) is 0 Å². The first-order valence-electron chi connectivity index (χ1n) is 8.23. The monoisotopic (exact) mass is 346 g/mol. The Hall–Kier alpha value is -1.85. The van der Waals surface area contributed by atoms with Crippen molar-refractivity contribution < 1.29 is 9.53 Å². The van der Waals surface area contributed by atoms with E-state index in [0.29, 0.717) is 19.7 Å². The van der Waals surface area contributed by atoms with Gasteiger partial charge < -0.3 is 15.0 Å². The third-order valence-electron chi connectivity index (χ3n) is 3.87. The van der Waals surface area contributed by atoms with Crippen molar-refractivity contribution in [3.63, 3.8) is 0 Å². The number of amides is 2. The summed E-state index contributed by atoms with van der Waals surface area (Å²) in [4.78, 5) is 15.7. The quantitative estimate of drug-likeness (QED) is 0.721. The molecule has 1 atom stereocenters. The Kier molecular flexibility index (Phi) is 7.28. The standard InChI is InChI=1S/C19H26N2O2S/c1-15-7-9-17(10-8-15)14-21(11-5-12-23-3)19(22)20-16(2)18-6-4-13-24-18/h4,6-10,13,16H,5,11-12,14H2,1-3H3,(H,20,22)/t16-/m1/s1. The molecule has 24 heavy (non-hydrogen) atoms. The van der Waals surface area contributed by atoms with Crippen molar-refractivity contribution >= 4 is 17.4 Å². The summed E-state index contributed by atoms with van der Waals surface area (Å²) in [5.74, 6) is 0. The molecule has 4 nitrogen and oxygen atoms in total. The normalized spacial score (nSPS) is 12.0. The Morgan fingerprint density at radius 1 is 1.29 bits per heavy atom. The van der Waals surface area contributed by atoms with Crippen LogP contribution >= 0.6 is 11.3 Å². The Balaban J connectivity index is 2.00. The van der Waals surface area contributed by atoms with Crippen LogP contribution in [0.2, 0.25) is 0 Å². The molecule has 0 saturated carbocycles. The lowest BCUT2D eigenvalue weighted by molar-refractivity contribution is 0.164. The number of carbonyl (C=O) groups excluding carboxylic acids is 1. The van der Waals surface area contributed by atoms with Gasteiger partial charge in [-0.15, -0.1) is 11.3 Å². The number of hydrogen-bond acceptors (Lipinski definition) is 3. The average molecular weight is 346 g/mol. The summed E-state index contributed by atoms with van der Waals surface area (Å²) in [6.07, 6.45) is 0.823. The largest absolute Gasteiger partial charge is 0.385 e. The van der Waals surface area contributed by atoms with Crippen LogP contribution in [0.15, 0.2) is 41.8 Å². The van der Waals surface area contributed by atoms with E-state index in [2.05, 4.69) is 36.5 Å². The minimum atomic E-state index is -0.0346. The van der Waals surface area contributed by atoms with Gasteiger partial charge in [0, 0.05) is 31.7 Å². The highest BCUT2D eigenvalue weighted by atomic mass is 32.1. The number of ether oxygens (including phenoxy) is 1. The maximum absolute atomic E-state index is 12.7. The zero-order valence-corrected chi connectivity index (χ0v) is 15.4. The van der Waals surface area contributed by atoms with Crippen LogP contribution in [0, 0.1) is 6.92 Å². The van der Waals surface area contributed by atoms with Crippen LogP contribution in [0.25, 0.3) is 0 Å².